The van der Waals surface area contributed by atoms with Crippen LogP contribution in [-0.2, 0) is 0 Å². The summed E-state index contributed by atoms with van der Waals surface area (Å²) in [6.45, 7) is 3.10. The van der Waals surface area contributed by atoms with Crippen LogP contribution in [-0.4, -0.2) is 30.1 Å². The Morgan fingerprint density at radius 2 is 2.42 bits per heavy atom. The fraction of sp³-hybridized carbons (Fsp3) is 0.500. The van der Waals surface area contributed by atoms with Gasteiger partial charge in [0.25, 0.3) is 5.91 Å². The first kappa shape index (κ1) is 14.1. The molecule has 1 heterocycles. The highest BCUT2D eigenvalue weighted by molar-refractivity contribution is 8.00. The van der Waals surface area contributed by atoms with Gasteiger partial charge in [0.1, 0.15) is 11.3 Å². The van der Waals surface area contributed by atoms with Crippen LogP contribution >= 0.6 is 11.8 Å². The highest BCUT2D eigenvalue weighted by atomic mass is 32.2. The largest absolute Gasteiger partial charge is 0.493 e. The molecule has 4 nitrogen and oxygen atoms in total. The summed E-state index contributed by atoms with van der Waals surface area (Å²) < 4.78 is 5.46. The molecule has 104 valence electrons. The van der Waals surface area contributed by atoms with E-state index in [1.165, 1.54) is 18.6 Å². The fourth-order valence-electron chi connectivity index (χ4n) is 2.17. The molecule has 0 radical (unpaired) electrons. The Labute approximate surface area is 118 Å². The summed E-state index contributed by atoms with van der Waals surface area (Å²) in [5.41, 5.74) is 6.80. The number of thioether (sulfide) groups is 1. The van der Waals surface area contributed by atoms with Gasteiger partial charge in [-0.2, -0.15) is 11.8 Å². The molecule has 1 amide bonds. The number of nitrogen functional groups attached to an aromatic ring is 1. The number of carbonyl (C=O) groups excluding carboxylic acids is 1. The van der Waals surface area contributed by atoms with Crippen molar-refractivity contribution in [2.75, 3.05) is 24.6 Å². The molecule has 1 saturated heterocycles. The molecule has 1 aromatic carbocycles. The van der Waals surface area contributed by atoms with Crippen LogP contribution in [0.4, 0.5) is 5.69 Å². The second kappa shape index (κ2) is 6.70. The predicted molar refractivity (Wildman–Crippen MR) is 79.8 cm³/mol. The van der Waals surface area contributed by atoms with E-state index in [0.29, 0.717) is 35.4 Å². The Morgan fingerprint density at radius 1 is 1.58 bits per heavy atom. The van der Waals surface area contributed by atoms with Crippen molar-refractivity contribution in [3.8, 4) is 5.75 Å². The summed E-state index contributed by atoms with van der Waals surface area (Å²) in [7, 11) is 0. The van der Waals surface area contributed by atoms with Crippen molar-refractivity contribution in [2.45, 2.75) is 25.0 Å². The van der Waals surface area contributed by atoms with Crippen LogP contribution < -0.4 is 15.8 Å². The summed E-state index contributed by atoms with van der Waals surface area (Å²) >= 11 is 1.92. The van der Waals surface area contributed by atoms with Gasteiger partial charge in [0.15, 0.2) is 0 Å². The van der Waals surface area contributed by atoms with Gasteiger partial charge >= 0.3 is 0 Å². The van der Waals surface area contributed by atoms with Gasteiger partial charge < -0.3 is 15.8 Å². The molecule has 1 aromatic rings. The number of carbonyl (C=O) groups is 1. The summed E-state index contributed by atoms with van der Waals surface area (Å²) in [6.07, 6.45) is 2.41. The highest BCUT2D eigenvalue weighted by Crippen LogP contribution is 2.27. The summed E-state index contributed by atoms with van der Waals surface area (Å²) in [4.78, 5) is 12.2. The predicted octanol–water partition coefficient (Wildman–Crippen LogP) is 2.29. The van der Waals surface area contributed by atoms with E-state index in [9.17, 15) is 4.79 Å². The van der Waals surface area contributed by atoms with Crippen LogP contribution in [0, 0.1) is 0 Å². The molecule has 19 heavy (non-hydrogen) atoms. The maximum absolute atomic E-state index is 12.2. The molecule has 1 aliphatic heterocycles. The zero-order chi connectivity index (χ0) is 13.7. The first-order valence-corrected chi connectivity index (χ1v) is 7.68. The molecule has 0 aliphatic carbocycles. The van der Waals surface area contributed by atoms with Gasteiger partial charge in [0.2, 0.25) is 0 Å². The molecular weight excluding hydrogens is 260 g/mol. The van der Waals surface area contributed by atoms with E-state index < -0.39 is 0 Å². The second-order valence-corrected chi connectivity index (χ2v) is 5.91. The Kier molecular flexibility index (Phi) is 4.96. The average Bonchev–Trinajstić information content (AvgIpc) is 2.90. The third-order valence-electron chi connectivity index (χ3n) is 3.10. The van der Waals surface area contributed by atoms with Crippen molar-refractivity contribution < 1.29 is 9.53 Å². The second-order valence-electron chi connectivity index (χ2n) is 4.50. The molecule has 1 unspecified atom stereocenters. The first-order valence-electron chi connectivity index (χ1n) is 6.63. The third kappa shape index (κ3) is 3.56. The maximum atomic E-state index is 12.2. The number of hydrogen-bond acceptors (Lipinski definition) is 4. The maximum Gasteiger partial charge on any atom is 0.257 e. The lowest BCUT2D eigenvalue weighted by Crippen LogP contribution is -2.30. The smallest absolute Gasteiger partial charge is 0.257 e. The first-order chi connectivity index (χ1) is 9.22. The molecular formula is C14H20N2O2S. The summed E-state index contributed by atoms with van der Waals surface area (Å²) in [5, 5.41) is 3.49. The minimum absolute atomic E-state index is 0.144. The van der Waals surface area contributed by atoms with Crippen molar-refractivity contribution >= 4 is 23.4 Å². The van der Waals surface area contributed by atoms with Crippen LogP contribution in [0.5, 0.6) is 5.75 Å². The van der Waals surface area contributed by atoms with Crippen LogP contribution in [0.1, 0.15) is 30.1 Å². The molecule has 1 atom stereocenters. The van der Waals surface area contributed by atoms with E-state index in [4.69, 9.17) is 10.5 Å². The van der Waals surface area contributed by atoms with Gasteiger partial charge in [-0.15, -0.1) is 0 Å². The van der Waals surface area contributed by atoms with E-state index in [1.54, 1.807) is 18.2 Å². The van der Waals surface area contributed by atoms with Crippen LogP contribution in [0.3, 0.4) is 0 Å². The van der Waals surface area contributed by atoms with E-state index in [-0.39, 0.29) is 5.91 Å². The third-order valence-corrected chi connectivity index (χ3v) is 4.50. The normalized spacial score (nSPS) is 18.3. The fourth-order valence-corrected chi connectivity index (χ4v) is 3.37. The number of benzene rings is 1. The van der Waals surface area contributed by atoms with Gasteiger partial charge in [-0.05, 0) is 37.7 Å². The number of amides is 1. The van der Waals surface area contributed by atoms with Gasteiger partial charge in [-0.1, -0.05) is 6.07 Å². The zero-order valence-corrected chi connectivity index (χ0v) is 12.0. The van der Waals surface area contributed by atoms with E-state index >= 15 is 0 Å². The lowest BCUT2D eigenvalue weighted by Gasteiger charge is -2.14. The summed E-state index contributed by atoms with van der Waals surface area (Å²) in [6, 6.07) is 5.30. The Balaban J connectivity index is 2.04. The van der Waals surface area contributed by atoms with Gasteiger partial charge in [0.05, 0.1) is 6.61 Å². The SMILES string of the molecule is CCOc1cccc(N)c1C(=O)NCC1CCCS1. The quantitative estimate of drug-likeness (QED) is 0.812. The van der Waals surface area contributed by atoms with Crippen molar-refractivity contribution in [3.63, 3.8) is 0 Å². The molecule has 0 bridgehead atoms. The number of anilines is 1. The Morgan fingerprint density at radius 3 is 3.11 bits per heavy atom. The van der Waals surface area contributed by atoms with E-state index in [1.807, 2.05) is 18.7 Å². The van der Waals surface area contributed by atoms with Crippen molar-refractivity contribution in [3.05, 3.63) is 23.8 Å². The van der Waals surface area contributed by atoms with Crippen LogP contribution in [0.25, 0.3) is 0 Å². The van der Waals surface area contributed by atoms with Crippen molar-refractivity contribution in [1.29, 1.82) is 0 Å². The molecule has 3 N–H and O–H groups in total. The van der Waals surface area contributed by atoms with Crippen LogP contribution in [0.15, 0.2) is 18.2 Å². The molecule has 0 aromatic heterocycles. The number of nitrogens with two attached hydrogens (primary N) is 1. The number of rotatable bonds is 5. The Hall–Kier alpha value is -1.36. The lowest BCUT2D eigenvalue weighted by atomic mass is 10.1. The minimum atomic E-state index is -0.144. The molecule has 2 rings (SSSR count). The molecule has 0 saturated carbocycles. The van der Waals surface area contributed by atoms with E-state index in [0.717, 1.165) is 0 Å². The molecule has 1 fully saturated rings. The van der Waals surface area contributed by atoms with Crippen molar-refractivity contribution in [1.82, 2.24) is 5.32 Å². The number of ether oxygens (including phenoxy) is 1. The standard InChI is InChI=1S/C14H20N2O2S/c1-2-18-12-7-3-6-11(15)13(12)14(17)16-9-10-5-4-8-19-10/h3,6-7,10H,2,4-5,8-9,15H2,1H3,(H,16,17). The molecule has 0 spiro atoms. The molecule has 5 heteroatoms. The summed E-state index contributed by atoms with van der Waals surface area (Å²) in [5.74, 6) is 1.60. The topological polar surface area (TPSA) is 64.3 Å². The van der Waals surface area contributed by atoms with E-state index in [2.05, 4.69) is 5.32 Å². The minimum Gasteiger partial charge on any atom is -0.493 e. The van der Waals surface area contributed by atoms with Crippen molar-refractivity contribution in [2.24, 2.45) is 0 Å². The number of nitrogens with one attached hydrogen (secondary N) is 1. The van der Waals surface area contributed by atoms with Gasteiger partial charge in [0, 0.05) is 17.5 Å². The molecule has 1 aliphatic rings. The van der Waals surface area contributed by atoms with Crippen LogP contribution in [0.2, 0.25) is 0 Å². The van der Waals surface area contributed by atoms with Gasteiger partial charge in [-0.3, -0.25) is 4.79 Å². The average molecular weight is 280 g/mol. The lowest BCUT2D eigenvalue weighted by molar-refractivity contribution is 0.0951. The number of hydrogen-bond donors (Lipinski definition) is 2. The zero-order valence-electron chi connectivity index (χ0n) is 11.1. The monoisotopic (exact) mass is 280 g/mol. The van der Waals surface area contributed by atoms with Gasteiger partial charge in [-0.25, -0.2) is 0 Å². The Bertz CT molecular complexity index is 445. The highest BCUT2D eigenvalue weighted by Gasteiger charge is 2.19.